The summed E-state index contributed by atoms with van der Waals surface area (Å²) in [6.07, 6.45) is 7.76. The van der Waals surface area contributed by atoms with Crippen molar-refractivity contribution in [1.82, 2.24) is 9.88 Å². The van der Waals surface area contributed by atoms with Gasteiger partial charge in [0.1, 0.15) is 11.6 Å². The maximum absolute atomic E-state index is 6.20. The van der Waals surface area contributed by atoms with Gasteiger partial charge in [0, 0.05) is 29.7 Å². The van der Waals surface area contributed by atoms with Crippen LogP contribution in [0.1, 0.15) is 28.3 Å². The molecule has 1 aliphatic rings. The zero-order valence-corrected chi connectivity index (χ0v) is 20.6. The molecule has 0 fully saturated rings. The number of benzene rings is 2. The third-order valence-corrected chi connectivity index (χ3v) is 6.71. The van der Waals surface area contributed by atoms with E-state index in [1.165, 1.54) is 16.9 Å². The van der Waals surface area contributed by atoms with Crippen LogP contribution in [0.5, 0.6) is 0 Å². The predicted octanol–water partition coefficient (Wildman–Crippen LogP) is 7.03. The van der Waals surface area contributed by atoms with E-state index in [1.807, 2.05) is 42.6 Å². The highest BCUT2D eigenvalue weighted by molar-refractivity contribution is 7.15. The molecule has 3 aromatic rings. The van der Waals surface area contributed by atoms with Crippen molar-refractivity contribution in [1.29, 1.82) is 0 Å². The van der Waals surface area contributed by atoms with Gasteiger partial charge in [0.15, 0.2) is 4.47 Å². The van der Waals surface area contributed by atoms with Gasteiger partial charge in [-0.1, -0.05) is 91.5 Å². The predicted molar refractivity (Wildman–Crippen MR) is 142 cm³/mol. The summed E-state index contributed by atoms with van der Waals surface area (Å²) in [6, 6.07) is 20.5. The van der Waals surface area contributed by atoms with Crippen LogP contribution in [0.2, 0.25) is 4.47 Å². The molecule has 0 spiro atoms. The summed E-state index contributed by atoms with van der Waals surface area (Å²) >= 11 is 7.58. The molecule has 34 heavy (non-hydrogen) atoms. The van der Waals surface area contributed by atoms with Crippen molar-refractivity contribution < 1.29 is 4.74 Å². The van der Waals surface area contributed by atoms with Crippen LogP contribution in [0, 0.1) is 0 Å². The summed E-state index contributed by atoms with van der Waals surface area (Å²) in [5.41, 5.74) is 3.16. The van der Waals surface area contributed by atoms with Gasteiger partial charge in [0.25, 0.3) is 0 Å². The van der Waals surface area contributed by atoms with Gasteiger partial charge < -0.3 is 9.64 Å². The first-order valence-electron chi connectivity index (χ1n) is 11.3. The van der Waals surface area contributed by atoms with Crippen LogP contribution in [-0.4, -0.2) is 28.9 Å². The molecule has 0 bridgehead atoms. The lowest BCUT2D eigenvalue weighted by molar-refractivity contribution is 0.198. The second kappa shape index (κ2) is 11.8. The first-order chi connectivity index (χ1) is 16.6. The second-order valence-electron chi connectivity index (χ2n) is 7.98. The van der Waals surface area contributed by atoms with E-state index in [0.717, 1.165) is 41.4 Å². The van der Waals surface area contributed by atoms with Crippen LogP contribution in [-0.2, 0) is 17.7 Å². The Morgan fingerprint density at radius 2 is 1.82 bits per heavy atom. The summed E-state index contributed by atoms with van der Waals surface area (Å²) in [4.78, 5) is 12.1. The third kappa shape index (κ3) is 6.25. The van der Waals surface area contributed by atoms with Crippen LogP contribution in [0.15, 0.2) is 109 Å². The minimum absolute atomic E-state index is 0.224. The Labute approximate surface area is 210 Å². The van der Waals surface area contributed by atoms with Crippen LogP contribution in [0.4, 0.5) is 0 Å². The van der Waals surface area contributed by atoms with E-state index >= 15 is 0 Å². The van der Waals surface area contributed by atoms with E-state index in [2.05, 4.69) is 59.5 Å². The lowest BCUT2D eigenvalue weighted by Crippen LogP contribution is -2.32. The van der Waals surface area contributed by atoms with Crippen molar-refractivity contribution in [2.75, 3.05) is 13.2 Å². The second-order valence-corrected chi connectivity index (χ2v) is 9.68. The van der Waals surface area contributed by atoms with Gasteiger partial charge in [-0.15, -0.1) is 11.3 Å². The maximum Gasteiger partial charge on any atom is 0.183 e. The van der Waals surface area contributed by atoms with Gasteiger partial charge in [-0.25, -0.2) is 4.98 Å². The van der Waals surface area contributed by atoms with E-state index < -0.39 is 0 Å². The van der Waals surface area contributed by atoms with E-state index in [-0.39, 0.29) is 5.92 Å². The standard InChI is InChI=1S/C28H28ClN3OS/c1-21(32(26-15-9-10-17-30-26)20-25-19-31-28(29)34-25)27(24-13-7-4-8-14-24)22(2)33-18-16-23-11-5-3-6-12-23/h3-9,11-15,19,27H,1-2,10,16-18,20H2. The Balaban J connectivity index is 1.58. The molecule has 6 heteroatoms. The Morgan fingerprint density at radius 3 is 2.47 bits per heavy atom. The molecule has 1 atom stereocenters. The fourth-order valence-electron chi connectivity index (χ4n) is 3.91. The summed E-state index contributed by atoms with van der Waals surface area (Å²) in [6.45, 7) is 10.7. The molecule has 0 amide bonds. The van der Waals surface area contributed by atoms with Crippen LogP contribution < -0.4 is 0 Å². The highest BCUT2D eigenvalue weighted by atomic mass is 35.5. The van der Waals surface area contributed by atoms with E-state index in [0.29, 0.717) is 23.4 Å². The van der Waals surface area contributed by atoms with Crippen molar-refractivity contribution in [3.63, 3.8) is 0 Å². The van der Waals surface area contributed by atoms with Gasteiger partial charge in [-0.05, 0) is 23.6 Å². The summed E-state index contributed by atoms with van der Waals surface area (Å²) in [5.74, 6) is 1.32. The molecule has 1 unspecified atom stereocenters. The zero-order valence-electron chi connectivity index (χ0n) is 19.1. The summed E-state index contributed by atoms with van der Waals surface area (Å²) in [5, 5.41) is 0. The molecule has 2 aromatic carbocycles. The quantitative estimate of drug-likeness (QED) is 0.287. The molecule has 1 aliphatic heterocycles. The molecule has 174 valence electrons. The Hall–Kier alpha value is -3.15. The third-order valence-electron chi connectivity index (χ3n) is 5.61. The fourth-order valence-corrected chi connectivity index (χ4v) is 4.87. The largest absolute Gasteiger partial charge is 0.497 e. The number of halogens is 1. The zero-order chi connectivity index (χ0) is 23.8. The molecule has 4 nitrogen and oxygen atoms in total. The van der Waals surface area contributed by atoms with Crippen molar-refractivity contribution in [3.05, 3.63) is 124 Å². The Kier molecular flexibility index (Phi) is 8.34. The molecule has 2 heterocycles. The fraction of sp³-hybridized carbons (Fsp3) is 0.214. The number of dihydropyridines is 1. The molecule has 0 saturated heterocycles. The minimum atomic E-state index is -0.224. The number of rotatable bonds is 10. The molecule has 0 aliphatic carbocycles. The smallest absolute Gasteiger partial charge is 0.183 e. The summed E-state index contributed by atoms with van der Waals surface area (Å²) < 4.78 is 6.73. The van der Waals surface area contributed by atoms with Crippen LogP contribution >= 0.6 is 22.9 Å². The average Bonchev–Trinajstić information content (AvgIpc) is 3.29. The molecule has 0 radical (unpaired) electrons. The number of aromatic nitrogens is 1. The number of thiazole rings is 1. The van der Waals surface area contributed by atoms with Crippen molar-refractivity contribution >= 4 is 28.8 Å². The molecular weight excluding hydrogens is 462 g/mol. The lowest BCUT2D eigenvalue weighted by atomic mass is 9.93. The normalized spacial score (nSPS) is 13.7. The molecule has 1 aromatic heterocycles. The molecule has 0 N–H and O–H groups in total. The van der Waals surface area contributed by atoms with Crippen LogP contribution in [0.25, 0.3) is 0 Å². The SMILES string of the molecule is C=C(OCCc1ccccc1)C(C(=C)N(Cc1cnc(Cl)s1)C1=NCCC=C1)c1ccccc1. The number of ether oxygens (including phenoxy) is 1. The van der Waals surface area contributed by atoms with E-state index in [1.54, 1.807) is 0 Å². The van der Waals surface area contributed by atoms with E-state index in [4.69, 9.17) is 21.3 Å². The molecule has 0 saturated carbocycles. The molecular formula is C28H28ClN3OS. The number of hydrogen-bond acceptors (Lipinski definition) is 5. The topological polar surface area (TPSA) is 37.7 Å². The first-order valence-corrected chi connectivity index (χ1v) is 12.5. The number of aliphatic imine (C=N–C) groups is 1. The lowest BCUT2D eigenvalue weighted by Gasteiger charge is -2.33. The number of amidine groups is 1. The van der Waals surface area contributed by atoms with Crippen molar-refractivity contribution in [3.8, 4) is 0 Å². The monoisotopic (exact) mass is 489 g/mol. The van der Waals surface area contributed by atoms with Crippen molar-refractivity contribution in [2.45, 2.75) is 25.3 Å². The minimum Gasteiger partial charge on any atom is -0.497 e. The van der Waals surface area contributed by atoms with Gasteiger partial charge in [0.05, 0.1) is 19.1 Å². The maximum atomic E-state index is 6.20. The van der Waals surface area contributed by atoms with Crippen molar-refractivity contribution in [2.24, 2.45) is 4.99 Å². The van der Waals surface area contributed by atoms with Gasteiger partial charge in [0.2, 0.25) is 0 Å². The van der Waals surface area contributed by atoms with E-state index in [9.17, 15) is 0 Å². The molecule has 4 rings (SSSR count). The van der Waals surface area contributed by atoms with Gasteiger partial charge >= 0.3 is 0 Å². The van der Waals surface area contributed by atoms with Gasteiger partial charge in [-0.3, -0.25) is 4.99 Å². The number of nitrogens with zero attached hydrogens (tertiary/aromatic N) is 3. The van der Waals surface area contributed by atoms with Gasteiger partial charge in [-0.2, -0.15) is 0 Å². The highest BCUT2D eigenvalue weighted by Crippen LogP contribution is 2.35. The average molecular weight is 490 g/mol. The Morgan fingerprint density at radius 1 is 1.09 bits per heavy atom. The number of hydrogen-bond donors (Lipinski definition) is 0. The van der Waals surface area contributed by atoms with Crippen LogP contribution in [0.3, 0.4) is 0 Å². The first kappa shape index (κ1) is 24.0. The highest BCUT2D eigenvalue weighted by Gasteiger charge is 2.27. The summed E-state index contributed by atoms with van der Waals surface area (Å²) in [7, 11) is 0. The Bertz CT molecular complexity index is 1170.